The van der Waals surface area contributed by atoms with E-state index >= 15 is 0 Å². The van der Waals surface area contributed by atoms with Gasteiger partial charge in [-0.25, -0.2) is 0 Å². The molecule has 0 aliphatic carbocycles. The van der Waals surface area contributed by atoms with E-state index in [0.29, 0.717) is 27.8 Å². The zero-order chi connectivity index (χ0) is 26.6. The molecule has 2 atom stereocenters. The van der Waals surface area contributed by atoms with Crippen LogP contribution in [0.3, 0.4) is 0 Å². The number of anilines is 1. The fourth-order valence-electron chi connectivity index (χ4n) is 4.74. The van der Waals surface area contributed by atoms with Gasteiger partial charge < -0.3 is 14.4 Å². The van der Waals surface area contributed by atoms with Gasteiger partial charge in [0.05, 0.1) is 36.3 Å². The summed E-state index contributed by atoms with van der Waals surface area (Å²) >= 11 is 6.34. The number of ether oxygens (including phenoxy) is 2. The van der Waals surface area contributed by atoms with E-state index < -0.39 is 34.7 Å². The van der Waals surface area contributed by atoms with Crippen LogP contribution >= 0.6 is 11.6 Å². The van der Waals surface area contributed by atoms with Crippen LogP contribution in [0.2, 0.25) is 5.02 Å². The van der Waals surface area contributed by atoms with Crippen molar-refractivity contribution in [1.29, 1.82) is 0 Å². The summed E-state index contributed by atoms with van der Waals surface area (Å²) in [7, 11) is 2.96. The summed E-state index contributed by atoms with van der Waals surface area (Å²) in [5, 5.41) is 11.7. The number of aryl methyl sites for hydroxylation is 1. The summed E-state index contributed by atoms with van der Waals surface area (Å²) in [6, 6.07) is 11.5. The number of carbonyl (C=O) groups is 3. The first-order chi connectivity index (χ1) is 17.7. The highest BCUT2D eigenvalue weighted by atomic mass is 35.5. The summed E-state index contributed by atoms with van der Waals surface area (Å²) in [6.45, 7) is 1.83. The van der Waals surface area contributed by atoms with E-state index in [1.54, 1.807) is 36.4 Å². The highest BCUT2D eigenvalue weighted by molar-refractivity contribution is 6.32. The quantitative estimate of drug-likeness (QED) is 0.205. The standard InChI is InChI=1S/C26H20ClN3O7/c1-13-4-5-14(11-20(13)27)28-22(19-12-16(36-2)7-9-21(19)37-3)23(26(28)33)29-24(31)17-8-6-15(30(34)35)10-18(17)25(29)32/h4-12,22-23H,1-3H3/t22-,23-/m1/s1. The summed E-state index contributed by atoms with van der Waals surface area (Å²) in [6.07, 6.45) is 0. The molecule has 11 heteroatoms. The Kier molecular flexibility index (Phi) is 5.83. The largest absolute Gasteiger partial charge is 0.497 e. The van der Waals surface area contributed by atoms with Crippen LogP contribution in [0.15, 0.2) is 54.6 Å². The van der Waals surface area contributed by atoms with Crippen molar-refractivity contribution < 1.29 is 28.8 Å². The van der Waals surface area contributed by atoms with Crippen LogP contribution in [0.1, 0.15) is 37.9 Å². The van der Waals surface area contributed by atoms with Gasteiger partial charge in [-0.05, 0) is 48.9 Å². The Morgan fingerprint density at radius 2 is 1.59 bits per heavy atom. The van der Waals surface area contributed by atoms with Gasteiger partial charge in [-0.3, -0.25) is 29.4 Å². The molecule has 10 nitrogen and oxygen atoms in total. The van der Waals surface area contributed by atoms with Crippen molar-refractivity contribution in [2.75, 3.05) is 19.1 Å². The normalized spacial score (nSPS) is 18.5. The number of carbonyl (C=O) groups excluding carboxylic acids is 3. The van der Waals surface area contributed by atoms with Crippen LogP contribution in [-0.4, -0.2) is 47.8 Å². The van der Waals surface area contributed by atoms with E-state index in [2.05, 4.69) is 0 Å². The van der Waals surface area contributed by atoms with Gasteiger partial charge in [0, 0.05) is 28.4 Å². The minimum absolute atomic E-state index is 0.00316. The minimum atomic E-state index is -1.23. The molecular weight excluding hydrogens is 502 g/mol. The Morgan fingerprint density at radius 1 is 0.865 bits per heavy atom. The Hall–Kier alpha value is -4.44. The zero-order valence-electron chi connectivity index (χ0n) is 19.9. The van der Waals surface area contributed by atoms with Gasteiger partial charge in [-0.2, -0.15) is 0 Å². The minimum Gasteiger partial charge on any atom is -0.497 e. The number of methoxy groups -OCH3 is 2. The van der Waals surface area contributed by atoms with E-state index in [1.165, 1.54) is 25.2 Å². The van der Waals surface area contributed by atoms with Gasteiger partial charge in [0.15, 0.2) is 0 Å². The van der Waals surface area contributed by atoms with Crippen LogP contribution in [0.5, 0.6) is 11.5 Å². The summed E-state index contributed by atoms with van der Waals surface area (Å²) in [5.41, 5.74) is 1.33. The third-order valence-corrected chi connectivity index (χ3v) is 7.05. The zero-order valence-corrected chi connectivity index (χ0v) is 20.7. The van der Waals surface area contributed by atoms with E-state index in [-0.39, 0.29) is 16.8 Å². The molecule has 37 heavy (non-hydrogen) atoms. The highest BCUT2D eigenvalue weighted by Crippen LogP contribution is 2.48. The lowest BCUT2D eigenvalue weighted by atomic mass is 9.85. The second-order valence-corrected chi connectivity index (χ2v) is 9.01. The number of benzene rings is 3. The van der Waals surface area contributed by atoms with Crippen molar-refractivity contribution in [2.24, 2.45) is 0 Å². The fraction of sp³-hybridized carbons (Fsp3) is 0.192. The predicted octanol–water partition coefficient (Wildman–Crippen LogP) is 4.33. The van der Waals surface area contributed by atoms with Crippen LogP contribution in [0.25, 0.3) is 0 Å². The smallest absolute Gasteiger partial charge is 0.270 e. The summed E-state index contributed by atoms with van der Waals surface area (Å²) in [4.78, 5) is 53.3. The maximum atomic E-state index is 13.7. The molecule has 1 fully saturated rings. The van der Waals surface area contributed by atoms with Crippen LogP contribution in [0, 0.1) is 17.0 Å². The summed E-state index contributed by atoms with van der Waals surface area (Å²) in [5.74, 6) is -1.11. The molecule has 188 valence electrons. The van der Waals surface area contributed by atoms with Crippen LogP contribution in [-0.2, 0) is 4.79 Å². The van der Waals surface area contributed by atoms with E-state index in [9.17, 15) is 24.5 Å². The first-order valence-corrected chi connectivity index (χ1v) is 11.5. The highest BCUT2D eigenvalue weighted by Gasteiger charge is 2.58. The molecule has 2 aliphatic heterocycles. The number of rotatable bonds is 6. The van der Waals surface area contributed by atoms with Gasteiger partial charge in [-0.1, -0.05) is 17.7 Å². The van der Waals surface area contributed by atoms with E-state index in [4.69, 9.17) is 21.1 Å². The molecule has 3 aromatic rings. The van der Waals surface area contributed by atoms with Gasteiger partial charge in [0.2, 0.25) is 0 Å². The molecule has 0 saturated carbocycles. The van der Waals surface area contributed by atoms with Gasteiger partial charge in [0.1, 0.15) is 17.5 Å². The number of hydrogen-bond acceptors (Lipinski definition) is 7. The van der Waals surface area contributed by atoms with E-state index in [0.717, 1.165) is 22.6 Å². The topological polar surface area (TPSA) is 119 Å². The SMILES string of the molecule is COc1ccc(OC)c([C@@H]2[C@@H](N3C(=O)c4ccc([N+](=O)[O-])cc4C3=O)C(=O)N2c2ccc(C)c(Cl)c2)c1. The maximum Gasteiger partial charge on any atom is 0.270 e. The third kappa shape index (κ3) is 3.68. The molecule has 2 heterocycles. The Morgan fingerprint density at radius 3 is 2.24 bits per heavy atom. The molecule has 5 rings (SSSR count). The average molecular weight is 522 g/mol. The molecular formula is C26H20ClN3O7. The fourth-order valence-corrected chi connectivity index (χ4v) is 4.91. The first-order valence-electron chi connectivity index (χ1n) is 11.2. The Balaban J connectivity index is 1.64. The second-order valence-electron chi connectivity index (χ2n) is 8.61. The molecule has 3 amide bonds. The second kappa shape index (κ2) is 8.90. The first kappa shape index (κ1) is 24.3. The van der Waals surface area contributed by atoms with Crippen LogP contribution in [0.4, 0.5) is 11.4 Å². The number of non-ortho nitro benzene ring substituents is 1. The van der Waals surface area contributed by atoms with Crippen molar-refractivity contribution in [1.82, 2.24) is 4.90 Å². The molecule has 0 bridgehead atoms. The maximum absolute atomic E-state index is 13.7. The van der Waals surface area contributed by atoms with Gasteiger partial charge >= 0.3 is 0 Å². The van der Waals surface area contributed by atoms with E-state index in [1.807, 2.05) is 6.92 Å². The molecule has 0 aromatic heterocycles. The molecule has 0 unspecified atom stereocenters. The lowest BCUT2D eigenvalue weighted by molar-refractivity contribution is -0.384. The lowest BCUT2D eigenvalue weighted by Crippen LogP contribution is -2.67. The molecule has 0 spiro atoms. The number of halogens is 1. The van der Waals surface area contributed by atoms with Gasteiger partial charge in [-0.15, -0.1) is 0 Å². The number of nitro benzene ring substituents is 1. The van der Waals surface area contributed by atoms with Crippen LogP contribution < -0.4 is 14.4 Å². The molecule has 1 saturated heterocycles. The number of imide groups is 1. The molecule has 2 aliphatic rings. The number of nitro groups is 1. The predicted molar refractivity (Wildman–Crippen MR) is 133 cm³/mol. The van der Waals surface area contributed by atoms with Crippen molar-refractivity contribution in [3.8, 4) is 11.5 Å². The van der Waals surface area contributed by atoms with Crippen molar-refractivity contribution in [2.45, 2.75) is 19.0 Å². The number of fused-ring (bicyclic) bond motifs is 1. The summed E-state index contributed by atoms with van der Waals surface area (Å²) < 4.78 is 10.9. The van der Waals surface area contributed by atoms with Crippen molar-refractivity contribution >= 4 is 40.7 Å². The number of nitrogens with zero attached hydrogens (tertiary/aromatic N) is 3. The average Bonchev–Trinajstić information content (AvgIpc) is 3.13. The Bertz CT molecular complexity index is 1510. The van der Waals surface area contributed by atoms with Gasteiger partial charge in [0.25, 0.3) is 23.4 Å². The lowest BCUT2D eigenvalue weighted by Gasteiger charge is -2.50. The number of amides is 3. The number of hydrogen-bond donors (Lipinski definition) is 0. The Labute approximate surface area is 216 Å². The molecule has 0 radical (unpaired) electrons. The molecule has 0 N–H and O–H groups in total. The van der Waals surface area contributed by atoms with Crippen molar-refractivity contribution in [3.05, 3.63) is 92.0 Å². The van der Waals surface area contributed by atoms with Crippen molar-refractivity contribution in [3.63, 3.8) is 0 Å². The monoisotopic (exact) mass is 521 g/mol. The third-order valence-electron chi connectivity index (χ3n) is 6.65. The molecule has 3 aromatic carbocycles. The number of β-lactam (4-membered cyclic amide) rings is 1.